The van der Waals surface area contributed by atoms with Crippen molar-refractivity contribution < 1.29 is 4.79 Å². The van der Waals surface area contributed by atoms with E-state index in [1.165, 1.54) is 38.5 Å². The second kappa shape index (κ2) is 5.85. The van der Waals surface area contributed by atoms with E-state index in [1.807, 2.05) is 11.9 Å². The molecular formula is C14H26N2O. The van der Waals surface area contributed by atoms with Crippen molar-refractivity contribution in [2.45, 2.75) is 51.5 Å². The third-order valence-electron chi connectivity index (χ3n) is 4.63. The van der Waals surface area contributed by atoms with Crippen LogP contribution in [0.2, 0.25) is 0 Å². The zero-order valence-electron chi connectivity index (χ0n) is 11.2. The molecule has 1 saturated heterocycles. The molecule has 3 heteroatoms. The van der Waals surface area contributed by atoms with Gasteiger partial charge in [0.15, 0.2) is 0 Å². The van der Waals surface area contributed by atoms with Crippen LogP contribution >= 0.6 is 0 Å². The molecule has 0 aromatic rings. The maximum absolute atomic E-state index is 12.4. The minimum atomic E-state index is 0.199. The van der Waals surface area contributed by atoms with Gasteiger partial charge in [-0.25, -0.2) is 0 Å². The van der Waals surface area contributed by atoms with Gasteiger partial charge in [-0.3, -0.25) is 4.79 Å². The van der Waals surface area contributed by atoms with Crippen molar-refractivity contribution in [2.75, 3.05) is 20.1 Å². The van der Waals surface area contributed by atoms with Crippen molar-refractivity contribution in [1.82, 2.24) is 10.2 Å². The lowest BCUT2D eigenvalue weighted by Crippen LogP contribution is -2.51. The summed E-state index contributed by atoms with van der Waals surface area (Å²) in [5, 5.41) is 3.25. The molecule has 2 aliphatic rings. The standard InChI is InChI=1S/C14H26N2O/c1-11(12-9-15-10-12)14(17)16(2)13-7-5-3-4-6-8-13/h11-13,15H,3-10H2,1-2H3. The molecule has 1 atom stereocenters. The van der Waals surface area contributed by atoms with Gasteiger partial charge in [-0.1, -0.05) is 32.6 Å². The van der Waals surface area contributed by atoms with Gasteiger partial charge < -0.3 is 10.2 Å². The summed E-state index contributed by atoms with van der Waals surface area (Å²) in [6, 6.07) is 0.500. The van der Waals surface area contributed by atoms with Gasteiger partial charge in [0.05, 0.1) is 0 Å². The monoisotopic (exact) mass is 238 g/mol. The molecule has 3 nitrogen and oxygen atoms in total. The summed E-state index contributed by atoms with van der Waals surface area (Å²) >= 11 is 0. The van der Waals surface area contributed by atoms with E-state index in [-0.39, 0.29) is 5.92 Å². The SMILES string of the molecule is CC(C(=O)N(C)C1CCCCCC1)C1CNC1. The summed E-state index contributed by atoms with van der Waals surface area (Å²) in [6.07, 6.45) is 7.69. The molecule has 2 rings (SSSR count). The number of carbonyl (C=O) groups excluding carboxylic acids is 1. The molecule has 2 fully saturated rings. The van der Waals surface area contributed by atoms with Crippen LogP contribution in [0.5, 0.6) is 0 Å². The Kier molecular flexibility index (Phi) is 4.43. The topological polar surface area (TPSA) is 32.3 Å². The van der Waals surface area contributed by atoms with Gasteiger partial charge in [0.1, 0.15) is 0 Å². The highest BCUT2D eigenvalue weighted by atomic mass is 16.2. The van der Waals surface area contributed by atoms with Crippen LogP contribution in [-0.2, 0) is 4.79 Å². The van der Waals surface area contributed by atoms with Gasteiger partial charge in [0.25, 0.3) is 0 Å². The van der Waals surface area contributed by atoms with Crippen LogP contribution in [0.15, 0.2) is 0 Å². The molecule has 98 valence electrons. The Bertz CT molecular complexity index is 255. The number of amides is 1. The van der Waals surface area contributed by atoms with E-state index in [0.29, 0.717) is 17.9 Å². The summed E-state index contributed by atoms with van der Waals surface area (Å²) in [5.74, 6) is 1.13. The first-order valence-corrected chi connectivity index (χ1v) is 7.17. The molecule has 0 bridgehead atoms. The maximum Gasteiger partial charge on any atom is 0.225 e. The molecule has 1 N–H and O–H groups in total. The van der Waals surface area contributed by atoms with E-state index in [9.17, 15) is 4.79 Å². The average Bonchev–Trinajstić information content (AvgIpc) is 2.53. The first-order chi connectivity index (χ1) is 8.20. The fourth-order valence-electron chi connectivity index (χ4n) is 3.01. The molecule has 0 aromatic carbocycles. The van der Waals surface area contributed by atoms with Crippen LogP contribution in [0, 0.1) is 11.8 Å². The Morgan fingerprint density at radius 3 is 2.24 bits per heavy atom. The highest BCUT2D eigenvalue weighted by Gasteiger charge is 2.32. The zero-order chi connectivity index (χ0) is 12.3. The largest absolute Gasteiger partial charge is 0.343 e. The Morgan fingerprint density at radius 1 is 1.18 bits per heavy atom. The lowest BCUT2D eigenvalue weighted by atomic mass is 9.87. The Morgan fingerprint density at radius 2 is 1.76 bits per heavy atom. The number of rotatable bonds is 3. The number of nitrogens with one attached hydrogen (secondary N) is 1. The van der Waals surface area contributed by atoms with Crippen molar-refractivity contribution in [3.8, 4) is 0 Å². The molecule has 1 unspecified atom stereocenters. The van der Waals surface area contributed by atoms with E-state index < -0.39 is 0 Å². The van der Waals surface area contributed by atoms with Crippen LogP contribution in [0.25, 0.3) is 0 Å². The molecule has 0 radical (unpaired) electrons. The number of carbonyl (C=O) groups is 1. The van der Waals surface area contributed by atoms with Crippen LogP contribution in [0.1, 0.15) is 45.4 Å². The summed E-state index contributed by atoms with van der Waals surface area (Å²) < 4.78 is 0. The van der Waals surface area contributed by atoms with Crippen LogP contribution in [0.3, 0.4) is 0 Å². The van der Waals surface area contributed by atoms with Crippen molar-refractivity contribution in [2.24, 2.45) is 11.8 Å². The summed E-state index contributed by atoms with van der Waals surface area (Å²) in [4.78, 5) is 14.4. The molecular weight excluding hydrogens is 212 g/mol. The minimum absolute atomic E-state index is 0.199. The van der Waals surface area contributed by atoms with Gasteiger partial charge in [0, 0.05) is 19.0 Å². The first-order valence-electron chi connectivity index (χ1n) is 7.17. The Balaban J connectivity index is 1.88. The van der Waals surface area contributed by atoms with Crippen LogP contribution < -0.4 is 5.32 Å². The number of hydrogen-bond acceptors (Lipinski definition) is 2. The summed E-state index contributed by atoms with van der Waals surface area (Å²) in [7, 11) is 2.01. The quantitative estimate of drug-likeness (QED) is 0.763. The normalized spacial score (nSPS) is 24.8. The van der Waals surface area contributed by atoms with Gasteiger partial charge in [0.2, 0.25) is 5.91 Å². The van der Waals surface area contributed by atoms with E-state index >= 15 is 0 Å². The van der Waals surface area contributed by atoms with E-state index in [0.717, 1.165) is 13.1 Å². The molecule has 0 spiro atoms. The third kappa shape index (κ3) is 3.01. The van der Waals surface area contributed by atoms with Crippen molar-refractivity contribution in [3.05, 3.63) is 0 Å². The average molecular weight is 238 g/mol. The molecule has 1 saturated carbocycles. The van der Waals surface area contributed by atoms with E-state index in [1.54, 1.807) is 0 Å². The predicted molar refractivity (Wildman–Crippen MR) is 69.8 cm³/mol. The molecule has 0 aromatic heterocycles. The molecule has 1 aliphatic carbocycles. The lowest BCUT2D eigenvalue weighted by molar-refractivity contribution is -0.138. The highest BCUT2D eigenvalue weighted by molar-refractivity contribution is 5.79. The smallest absolute Gasteiger partial charge is 0.225 e. The Labute approximate surface area is 105 Å². The molecule has 1 amide bonds. The predicted octanol–water partition coefficient (Wildman–Crippen LogP) is 2.02. The summed E-state index contributed by atoms with van der Waals surface area (Å²) in [6.45, 7) is 4.14. The van der Waals surface area contributed by atoms with E-state index in [2.05, 4.69) is 12.2 Å². The lowest BCUT2D eigenvalue weighted by Gasteiger charge is -2.36. The first kappa shape index (κ1) is 12.9. The van der Waals surface area contributed by atoms with Crippen molar-refractivity contribution in [3.63, 3.8) is 0 Å². The fraction of sp³-hybridized carbons (Fsp3) is 0.929. The molecule has 1 heterocycles. The molecule has 1 aliphatic heterocycles. The second-order valence-corrected chi connectivity index (χ2v) is 5.80. The highest BCUT2D eigenvalue weighted by Crippen LogP contribution is 2.24. The van der Waals surface area contributed by atoms with Crippen molar-refractivity contribution >= 4 is 5.91 Å². The Hall–Kier alpha value is -0.570. The fourth-order valence-corrected chi connectivity index (χ4v) is 3.01. The molecule has 17 heavy (non-hydrogen) atoms. The third-order valence-corrected chi connectivity index (χ3v) is 4.63. The van der Waals surface area contributed by atoms with Crippen LogP contribution in [0.4, 0.5) is 0 Å². The van der Waals surface area contributed by atoms with E-state index in [4.69, 9.17) is 0 Å². The minimum Gasteiger partial charge on any atom is -0.343 e. The zero-order valence-corrected chi connectivity index (χ0v) is 11.2. The second-order valence-electron chi connectivity index (χ2n) is 5.80. The van der Waals surface area contributed by atoms with Gasteiger partial charge in [-0.2, -0.15) is 0 Å². The van der Waals surface area contributed by atoms with Gasteiger partial charge >= 0.3 is 0 Å². The maximum atomic E-state index is 12.4. The van der Waals surface area contributed by atoms with Gasteiger partial charge in [-0.05, 0) is 31.8 Å². The van der Waals surface area contributed by atoms with Crippen LogP contribution in [-0.4, -0.2) is 37.0 Å². The van der Waals surface area contributed by atoms with Gasteiger partial charge in [-0.15, -0.1) is 0 Å². The summed E-state index contributed by atoms with van der Waals surface area (Å²) in [5.41, 5.74) is 0. The van der Waals surface area contributed by atoms with Crippen molar-refractivity contribution in [1.29, 1.82) is 0 Å². The number of nitrogens with zero attached hydrogens (tertiary/aromatic N) is 1. The number of hydrogen-bond donors (Lipinski definition) is 1.